The molecule has 3 aromatic carbocycles. The third-order valence-electron chi connectivity index (χ3n) is 5.60. The molecule has 1 heterocycles. The maximum atomic E-state index is 9.10. The van der Waals surface area contributed by atoms with Gasteiger partial charge in [-0.25, -0.2) is 9.59 Å². The largest absolute Gasteiger partial charge is 0.473 e. The highest BCUT2D eigenvalue weighted by Gasteiger charge is 2.25. The third kappa shape index (κ3) is 7.27. The fourth-order valence-corrected chi connectivity index (χ4v) is 4.07. The molecule has 0 aliphatic carbocycles. The molecule has 1 aliphatic heterocycles. The lowest BCUT2D eigenvalue weighted by molar-refractivity contribution is -0.159. The monoisotopic (exact) mass is 447 g/mol. The molecule has 0 radical (unpaired) electrons. The summed E-state index contributed by atoms with van der Waals surface area (Å²) in [5.41, 5.74) is 3.85. The zero-order valence-electron chi connectivity index (χ0n) is 18.4. The van der Waals surface area contributed by atoms with Crippen LogP contribution in [0.2, 0.25) is 0 Å². The maximum absolute atomic E-state index is 9.10. The molecule has 0 spiro atoms. The minimum atomic E-state index is -1.82. The highest BCUT2D eigenvalue weighted by atomic mass is 16.5. The van der Waals surface area contributed by atoms with Crippen LogP contribution in [0.3, 0.4) is 0 Å². The number of ether oxygens (including phenoxy) is 1. The Kier molecular flexibility index (Phi) is 9.18. The van der Waals surface area contributed by atoms with Gasteiger partial charge in [0, 0.05) is 12.6 Å². The molecule has 1 fully saturated rings. The molecule has 1 unspecified atom stereocenters. The molecule has 4 rings (SSSR count). The second-order valence-electron chi connectivity index (χ2n) is 7.79. The molecule has 6 nitrogen and oxygen atoms in total. The topological polar surface area (TPSA) is 87.1 Å². The van der Waals surface area contributed by atoms with E-state index in [0.717, 1.165) is 19.7 Å². The number of benzene rings is 3. The molecular formula is C27H29NO5. The summed E-state index contributed by atoms with van der Waals surface area (Å²) in [6.45, 7) is 2.86. The summed E-state index contributed by atoms with van der Waals surface area (Å²) in [6, 6.07) is 32.5. The van der Waals surface area contributed by atoms with Gasteiger partial charge in [-0.1, -0.05) is 91.0 Å². The van der Waals surface area contributed by atoms with Crippen LogP contribution in [-0.2, 0) is 14.3 Å². The number of carbonyl (C=O) groups is 2. The summed E-state index contributed by atoms with van der Waals surface area (Å²) in [7, 11) is 0. The van der Waals surface area contributed by atoms with E-state index in [-0.39, 0.29) is 6.10 Å². The molecule has 1 aliphatic rings. The standard InChI is InChI=1S/C25H27NO.C2H2O4/c1-4-11-21(12-5-1)24-17-10-18-26(24)19-20-27-25(22-13-6-2-7-14-22)23-15-8-3-9-16-23;3-1(4)2(5)6/h1-9,11-16,24-25H,10,17-20H2;(H,3,4)(H,5,6). The first kappa shape index (κ1) is 24.2. The van der Waals surface area contributed by atoms with E-state index >= 15 is 0 Å². The molecule has 3 aromatic rings. The molecule has 0 aromatic heterocycles. The summed E-state index contributed by atoms with van der Waals surface area (Å²) >= 11 is 0. The van der Waals surface area contributed by atoms with E-state index < -0.39 is 11.9 Å². The Bertz CT molecular complexity index is 943. The van der Waals surface area contributed by atoms with Crippen LogP contribution in [0.15, 0.2) is 91.0 Å². The summed E-state index contributed by atoms with van der Waals surface area (Å²) < 4.78 is 6.42. The number of rotatable bonds is 7. The van der Waals surface area contributed by atoms with E-state index in [1.165, 1.54) is 29.5 Å². The summed E-state index contributed by atoms with van der Waals surface area (Å²) in [5, 5.41) is 14.8. The average Bonchev–Trinajstić information content (AvgIpc) is 3.32. The maximum Gasteiger partial charge on any atom is 0.414 e. The van der Waals surface area contributed by atoms with Crippen molar-refractivity contribution >= 4 is 11.9 Å². The minimum Gasteiger partial charge on any atom is -0.473 e. The van der Waals surface area contributed by atoms with Crippen LogP contribution in [0.4, 0.5) is 0 Å². The number of carboxylic acids is 2. The number of hydrogen-bond acceptors (Lipinski definition) is 4. The van der Waals surface area contributed by atoms with Gasteiger partial charge in [0.15, 0.2) is 0 Å². The molecule has 172 valence electrons. The molecule has 2 N–H and O–H groups in total. The summed E-state index contributed by atoms with van der Waals surface area (Å²) in [4.78, 5) is 20.8. The number of hydrogen-bond donors (Lipinski definition) is 2. The van der Waals surface area contributed by atoms with Gasteiger partial charge in [-0.05, 0) is 36.1 Å². The number of carboxylic acid groups (broad SMARTS) is 2. The van der Waals surface area contributed by atoms with Crippen LogP contribution in [-0.4, -0.2) is 46.7 Å². The van der Waals surface area contributed by atoms with Crippen molar-refractivity contribution in [3.05, 3.63) is 108 Å². The molecule has 1 saturated heterocycles. The van der Waals surface area contributed by atoms with Crippen LogP contribution in [0.25, 0.3) is 0 Å². The number of likely N-dealkylation sites (tertiary alicyclic amines) is 1. The molecule has 0 amide bonds. The van der Waals surface area contributed by atoms with Crippen molar-refractivity contribution in [2.75, 3.05) is 19.7 Å². The van der Waals surface area contributed by atoms with Crippen molar-refractivity contribution in [3.63, 3.8) is 0 Å². The highest BCUT2D eigenvalue weighted by molar-refractivity contribution is 6.27. The Labute approximate surface area is 194 Å². The first-order valence-corrected chi connectivity index (χ1v) is 11.0. The van der Waals surface area contributed by atoms with E-state index in [0.29, 0.717) is 6.04 Å². The third-order valence-corrected chi connectivity index (χ3v) is 5.60. The number of aliphatic carboxylic acids is 2. The van der Waals surface area contributed by atoms with Gasteiger partial charge in [-0.15, -0.1) is 0 Å². The van der Waals surface area contributed by atoms with E-state index in [1.807, 2.05) is 0 Å². The van der Waals surface area contributed by atoms with Crippen LogP contribution in [0.5, 0.6) is 0 Å². The summed E-state index contributed by atoms with van der Waals surface area (Å²) in [5.74, 6) is -3.65. The first-order chi connectivity index (χ1) is 16.1. The van der Waals surface area contributed by atoms with Gasteiger partial charge in [0.25, 0.3) is 0 Å². The van der Waals surface area contributed by atoms with E-state index in [2.05, 4.69) is 95.9 Å². The molecule has 33 heavy (non-hydrogen) atoms. The van der Waals surface area contributed by atoms with Crippen LogP contribution >= 0.6 is 0 Å². The lowest BCUT2D eigenvalue weighted by Gasteiger charge is -2.26. The Morgan fingerprint density at radius 1 is 0.818 bits per heavy atom. The molecule has 6 heteroatoms. The Morgan fingerprint density at radius 2 is 1.30 bits per heavy atom. The second-order valence-corrected chi connectivity index (χ2v) is 7.79. The van der Waals surface area contributed by atoms with Crippen molar-refractivity contribution in [2.24, 2.45) is 0 Å². The van der Waals surface area contributed by atoms with Crippen molar-refractivity contribution in [3.8, 4) is 0 Å². The van der Waals surface area contributed by atoms with Crippen molar-refractivity contribution in [2.45, 2.75) is 25.0 Å². The molecule has 0 saturated carbocycles. The SMILES string of the molecule is O=C(O)C(=O)O.c1ccc(C(OCCN2CCCC2c2ccccc2)c2ccccc2)cc1. The smallest absolute Gasteiger partial charge is 0.414 e. The van der Waals surface area contributed by atoms with Crippen molar-refractivity contribution < 1.29 is 24.5 Å². The predicted molar refractivity (Wildman–Crippen MR) is 126 cm³/mol. The fourth-order valence-electron chi connectivity index (χ4n) is 4.07. The first-order valence-electron chi connectivity index (χ1n) is 11.0. The van der Waals surface area contributed by atoms with E-state index in [9.17, 15) is 0 Å². The zero-order chi connectivity index (χ0) is 23.5. The van der Waals surface area contributed by atoms with Crippen LogP contribution in [0, 0.1) is 0 Å². The quantitative estimate of drug-likeness (QED) is 0.507. The molecule has 1 atom stereocenters. The Morgan fingerprint density at radius 3 is 1.79 bits per heavy atom. The predicted octanol–water partition coefficient (Wildman–Crippen LogP) is 4.79. The fraction of sp³-hybridized carbons (Fsp3) is 0.259. The zero-order valence-corrected chi connectivity index (χ0v) is 18.4. The van der Waals surface area contributed by atoms with Gasteiger partial charge in [0.05, 0.1) is 6.61 Å². The van der Waals surface area contributed by atoms with Gasteiger partial charge in [-0.2, -0.15) is 0 Å². The van der Waals surface area contributed by atoms with E-state index in [4.69, 9.17) is 24.5 Å². The van der Waals surface area contributed by atoms with Gasteiger partial charge < -0.3 is 14.9 Å². The normalized spacial score (nSPS) is 15.6. The van der Waals surface area contributed by atoms with E-state index in [1.54, 1.807) is 0 Å². The lowest BCUT2D eigenvalue weighted by Crippen LogP contribution is -2.28. The number of nitrogens with zero attached hydrogens (tertiary/aromatic N) is 1. The average molecular weight is 448 g/mol. The lowest BCUT2D eigenvalue weighted by atomic mass is 10.0. The highest BCUT2D eigenvalue weighted by Crippen LogP contribution is 2.32. The minimum absolute atomic E-state index is 0.00909. The summed E-state index contributed by atoms with van der Waals surface area (Å²) in [6.07, 6.45) is 2.50. The van der Waals surface area contributed by atoms with Crippen LogP contribution < -0.4 is 0 Å². The molecular weight excluding hydrogens is 418 g/mol. The van der Waals surface area contributed by atoms with Gasteiger partial charge in [0.1, 0.15) is 6.10 Å². The van der Waals surface area contributed by atoms with Gasteiger partial charge in [0.2, 0.25) is 0 Å². The Hall–Kier alpha value is -3.48. The van der Waals surface area contributed by atoms with Crippen LogP contribution in [0.1, 0.15) is 41.7 Å². The van der Waals surface area contributed by atoms with Gasteiger partial charge in [-0.3, -0.25) is 4.90 Å². The second kappa shape index (κ2) is 12.5. The Balaban J connectivity index is 0.000000454. The van der Waals surface area contributed by atoms with Crippen molar-refractivity contribution in [1.82, 2.24) is 4.90 Å². The molecule has 0 bridgehead atoms. The van der Waals surface area contributed by atoms with Crippen molar-refractivity contribution in [1.29, 1.82) is 0 Å². The van der Waals surface area contributed by atoms with Gasteiger partial charge >= 0.3 is 11.9 Å².